The maximum absolute atomic E-state index is 13.1. The first kappa shape index (κ1) is 15.7. The number of nitrogens with zero attached hydrogens (tertiary/aromatic N) is 2. The molecule has 0 N–H and O–H groups in total. The van der Waals surface area contributed by atoms with Crippen molar-refractivity contribution in [1.82, 2.24) is 4.57 Å². The van der Waals surface area contributed by atoms with Crippen LogP contribution in [0.25, 0.3) is 11.0 Å². The van der Waals surface area contributed by atoms with E-state index in [-0.39, 0.29) is 11.6 Å². The second-order valence-corrected chi connectivity index (χ2v) is 7.27. The Morgan fingerprint density at radius 1 is 0.917 bits per heavy atom. The van der Waals surface area contributed by atoms with Crippen molar-refractivity contribution in [2.75, 3.05) is 0 Å². The van der Waals surface area contributed by atoms with Crippen LogP contribution in [-0.2, 0) is 0 Å². The van der Waals surface area contributed by atoms with E-state index in [2.05, 4.69) is 0 Å². The minimum absolute atomic E-state index is 0.0679. The highest BCUT2D eigenvalue weighted by Crippen LogP contribution is 2.26. The summed E-state index contributed by atoms with van der Waals surface area (Å²) in [6.45, 7) is 0. The lowest BCUT2D eigenvalue weighted by atomic mass is 9.95. The van der Waals surface area contributed by atoms with Gasteiger partial charge in [-0.15, -0.1) is 0 Å². The van der Waals surface area contributed by atoms with E-state index in [1.54, 1.807) is 0 Å². The van der Waals surface area contributed by atoms with Gasteiger partial charge in [0.1, 0.15) is 5.58 Å². The predicted molar refractivity (Wildman–Crippen MR) is 95.0 cm³/mol. The zero-order valence-electron chi connectivity index (χ0n) is 14.2. The van der Waals surface area contributed by atoms with Crippen LogP contribution < -0.4 is 11.2 Å². The van der Waals surface area contributed by atoms with Gasteiger partial charge in [-0.25, -0.2) is 4.99 Å². The monoisotopic (exact) mass is 326 g/mol. The lowest BCUT2D eigenvalue weighted by Crippen LogP contribution is -2.38. The van der Waals surface area contributed by atoms with E-state index in [0.29, 0.717) is 22.7 Å². The highest BCUT2D eigenvalue weighted by Gasteiger charge is 2.21. The lowest BCUT2D eigenvalue weighted by molar-refractivity contribution is 0.295. The quantitative estimate of drug-likeness (QED) is 0.824. The normalized spacial score (nSPS) is 21.4. The minimum atomic E-state index is 0.0679. The summed E-state index contributed by atoms with van der Waals surface area (Å²) >= 11 is 0. The fraction of sp³-hybridized carbons (Fsp3) is 0.600. The number of aromatic nitrogens is 1. The molecule has 0 atom stereocenters. The molecule has 24 heavy (non-hydrogen) atoms. The maximum Gasteiger partial charge on any atom is 0.300 e. The van der Waals surface area contributed by atoms with Crippen LogP contribution in [0.1, 0.15) is 70.3 Å². The van der Waals surface area contributed by atoms with E-state index in [0.717, 1.165) is 25.7 Å². The molecule has 0 radical (unpaired) electrons. The number of fused-ring (bicyclic) bond motifs is 1. The molecule has 4 rings (SSSR count). The van der Waals surface area contributed by atoms with Gasteiger partial charge in [0.15, 0.2) is 0 Å². The van der Waals surface area contributed by atoms with Gasteiger partial charge in [-0.2, -0.15) is 0 Å². The smallest absolute Gasteiger partial charge is 0.300 e. The third-order valence-electron chi connectivity index (χ3n) is 5.55. The van der Waals surface area contributed by atoms with Gasteiger partial charge in [-0.05, 0) is 37.8 Å². The first-order valence-electron chi connectivity index (χ1n) is 9.51. The van der Waals surface area contributed by atoms with E-state index < -0.39 is 0 Å². The van der Waals surface area contributed by atoms with Gasteiger partial charge in [0.2, 0.25) is 0 Å². The molecule has 0 bridgehead atoms. The summed E-state index contributed by atoms with van der Waals surface area (Å²) in [6, 6.07) is 8.11. The molecule has 128 valence electrons. The Morgan fingerprint density at radius 3 is 2.33 bits per heavy atom. The molecule has 2 aromatic rings. The van der Waals surface area contributed by atoms with E-state index >= 15 is 0 Å². The lowest BCUT2D eigenvalue weighted by Gasteiger charge is -2.24. The van der Waals surface area contributed by atoms with Crippen LogP contribution in [0.4, 0.5) is 0 Å². The highest BCUT2D eigenvalue weighted by atomic mass is 16.3. The largest absolute Gasteiger partial charge is 0.425 e. The van der Waals surface area contributed by atoms with Crippen molar-refractivity contribution < 1.29 is 4.42 Å². The van der Waals surface area contributed by atoms with Gasteiger partial charge in [-0.3, -0.25) is 9.36 Å². The molecule has 0 saturated heterocycles. The number of para-hydroxylation sites is 1. The Morgan fingerprint density at radius 2 is 1.58 bits per heavy atom. The molecule has 0 aliphatic heterocycles. The van der Waals surface area contributed by atoms with Crippen molar-refractivity contribution in [3.05, 3.63) is 40.3 Å². The van der Waals surface area contributed by atoms with E-state index in [1.165, 1.54) is 38.5 Å². The molecule has 4 nitrogen and oxygen atoms in total. The Kier molecular flexibility index (Phi) is 4.54. The summed E-state index contributed by atoms with van der Waals surface area (Å²) in [4.78, 5) is 18.0. The zero-order chi connectivity index (χ0) is 16.4. The molecule has 2 fully saturated rings. The number of benzene rings is 1. The molecule has 0 amide bonds. The summed E-state index contributed by atoms with van der Waals surface area (Å²) < 4.78 is 8.00. The van der Waals surface area contributed by atoms with Gasteiger partial charge in [0, 0.05) is 6.04 Å². The van der Waals surface area contributed by atoms with Crippen LogP contribution in [-0.4, -0.2) is 10.6 Å². The molecule has 2 aliphatic carbocycles. The number of hydrogen-bond acceptors (Lipinski definition) is 3. The zero-order valence-corrected chi connectivity index (χ0v) is 14.2. The van der Waals surface area contributed by atoms with E-state index in [1.807, 2.05) is 28.8 Å². The van der Waals surface area contributed by atoms with Crippen molar-refractivity contribution in [2.45, 2.75) is 76.3 Å². The van der Waals surface area contributed by atoms with Gasteiger partial charge in [0.05, 0.1) is 11.4 Å². The molecular formula is C20H26N2O2. The van der Waals surface area contributed by atoms with Gasteiger partial charge in [-0.1, -0.05) is 50.7 Å². The Hall–Kier alpha value is -1.84. The van der Waals surface area contributed by atoms with E-state index in [9.17, 15) is 4.79 Å². The maximum atomic E-state index is 13.1. The second kappa shape index (κ2) is 6.96. The van der Waals surface area contributed by atoms with Crippen molar-refractivity contribution in [3.63, 3.8) is 0 Å². The molecule has 1 heterocycles. The molecule has 1 aromatic carbocycles. The van der Waals surface area contributed by atoms with Crippen molar-refractivity contribution >= 4 is 11.0 Å². The van der Waals surface area contributed by atoms with Crippen molar-refractivity contribution in [2.24, 2.45) is 4.99 Å². The fourth-order valence-electron chi connectivity index (χ4n) is 4.21. The van der Waals surface area contributed by atoms with Crippen molar-refractivity contribution in [1.29, 1.82) is 0 Å². The Balaban J connectivity index is 1.88. The molecule has 0 unspecified atom stereocenters. The van der Waals surface area contributed by atoms with Gasteiger partial charge >= 0.3 is 5.68 Å². The van der Waals surface area contributed by atoms with Crippen LogP contribution in [0, 0.1) is 0 Å². The summed E-state index contributed by atoms with van der Waals surface area (Å²) in [6.07, 6.45) is 11.7. The highest BCUT2D eigenvalue weighted by molar-refractivity contribution is 5.74. The molecule has 1 aromatic heterocycles. The summed E-state index contributed by atoms with van der Waals surface area (Å²) in [7, 11) is 0. The van der Waals surface area contributed by atoms with Crippen LogP contribution >= 0.6 is 0 Å². The summed E-state index contributed by atoms with van der Waals surface area (Å²) in [5, 5.41) is 0.672. The molecule has 2 aliphatic rings. The van der Waals surface area contributed by atoms with Gasteiger partial charge in [0.25, 0.3) is 5.56 Å². The van der Waals surface area contributed by atoms with Crippen LogP contribution in [0.5, 0.6) is 0 Å². The average molecular weight is 326 g/mol. The van der Waals surface area contributed by atoms with Gasteiger partial charge < -0.3 is 4.42 Å². The topological polar surface area (TPSA) is 47.5 Å². The SMILES string of the molecule is O=c1c2ccccc2oc(=NC2CCCCC2)n1C1CCCCC1. The van der Waals surface area contributed by atoms with Crippen LogP contribution in [0.15, 0.2) is 38.5 Å². The first-order chi connectivity index (χ1) is 11.8. The molecule has 0 spiro atoms. The molecule has 2 saturated carbocycles. The standard InChI is InChI=1S/C20H26N2O2/c23-19-17-13-7-8-14-18(17)24-20(21-15-9-3-1-4-10-15)22(19)16-11-5-2-6-12-16/h7-8,13-16H,1-6,9-12H2. The van der Waals surface area contributed by atoms with Crippen molar-refractivity contribution in [3.8, 4) is 0 Å². The third-order valence-corrected chi connectivity index (χ3v) is 5.55. The minimum Gasteiger partial charge on any atom is -0.425 e. The predicted octanol–water partition coefficient (Wildman–Crippen LogP) is 4.33. The molecule has 4 heteroatoms. The number of hydrogen-bond donors (Lipinski definition) is 0. The Labute approximate surface area is 142 Å². The second-order valence-electron chi connectivity index (χ2n) is 7.27. The summed E-state index contributed by atoms with van der Waals surface area (Å²) in [5.74, 6) is 0. The van der Waals surface area contributed by atoms with Crippen LogP contribution in [0.2, 0.25) is 0 Å². The third kappa shape index (κ3) is 3.06. The summed E-state index contributed by atoms with van der Waals surface area (Å²) in [5.41, 5.74) is 1.28. The number of rotatable bonds is 2. The molecular weight excluding hydrogens is 300 g/mol. The average Bonchev–Trinajstić information content (AvgIpc) is 2.64. The first-order valence-corrected chi connectivity index (χ1v) is 9.51. The fourth-order valence-corrected chi connectivity index (χ4v) is 4.21. The Bertz CT molecular complexity index is 821. The van der Waals surface area contributed by atoms with Crippen LogP contribution in [0.3, 0.4) is 0 Å². The van der Waals surface area contributed by atoms with E-state index in [4.69, 9.17) is 9.41 Å².